The highest BCUT2D eigenvalue weighted by Gasteiger charge is 2.23. The maximum atomic E-state index is 13.4. The Morgan fingerprint density at radius 2 is 1.97 bits per heavy atom. The Kier molecular flexibility index (Phi) is 5.88. The molecule has 3 N–H and O–H groups in total. The van der Waals surface area contributed by atoms with Gasteiger partial charge in [0.05, 0.1) is 16.2 Å². The Labute approximate surface area is 165 Å². The highest BCUT2D eigenvalue weighted by molar-refractivity contribution is 7.89. The second kappa shape index (κ2) is 8.20. The fraction of sp³-hybridized carbons (Fsp3) is 0.211. The van der Waals surface area contributed by atoms with E-state index in [4.69, 9.17) is 5.73 Å². The number of alkyl halides is 2. The number of rotatable bonds is 8. The number of nitrogens with zero attached hydrogens (tertiary/aromatic N) is 1. The van der Waals surface area contributed by atoms with Crippen molar-refractivity contribution in [1.29, 1.82) is 0 Å². The van der Waals surface area contributed by atoms with Crippen LogP contribution in [0.15, 0.2) is 46.3 Å². The number of benzene rings is 2. The van der Waals surface area contributed by atoms with Crippen molar-refractivity contribution in [2.24, 2.45) is 10.7 Å². The summed E-state index contributed by atoms with van der Waals surface area (Å²) in [5.41, 5.74) is 6.65. The molecule has 0 aliphatic carbocycles. The molecule has 3 rings (SSSR count). The topological polar surface area (TPSA) is 102 Å². The van der Waals surface area contributed by atoms with E-state index in [1.54, 1.807) is 0 Å². The quantitative estimate of drug-likeness (QED) is 0.582. The maximum Gasteiger partial charge on any atom is 0.242 e. The summed E-state index contributed by atoms with van der Waals surface area (Å²) < 4.78 is 66.7. The summed E-state index contributed by atoms with van der Waals surface area (Å²) in [4.78, 5) is 14.5. The Morgan fingerprint density at radius 1 is 1.21 bits per heavy atom. The summed E-state index contributed by atoms with van der Waals surface area (Å²) >= 11 is 0. The Hall–Kier alpha value is -2.94. The average Bonchev–Trinajstić information content (AvgIpc) is 3.03. The molecule has 0 atom stereocenters. The average molecular weight is 423 g/mol. The van der Waals surface area contributed by atoms with Crippen LogP contribution < -0.4 is 10.5 Å². The minimum atomic E-state index is -4.13. The summed E-state index contributed by atoms with van der Waals surface area (Å²) in [5.74, 6) is 1.55. The largest absolute Gasteiger partial charge is 0.370 e. The normalized spacial score (nSPS) is 12.9. The number of carbonyl (C=O) groups excluding carboxylic acids is 1. The van der Waals surface area contributed by atoms with E-state index < -0.39 is 34.6 Å². The van der Waals surface area contributed by atoms with Gasteiger partial charge in [0.2, 0.25) is 22.4 Å². The highest BCUT2D eigenvalue weighted by atomic mass is 32.2. The fourth-order valence-electron chi connectivity index (χ4n) is 2.91. The molecular weight excluding hydrogens is 407 g/mol. The first-order valence-electron chi connectivity index (χ1n) is 8.50. The van der Waals surface area contributed by atoms with Gasteiger partial charge in [-0.15, -0.1) is 0 Å². The van der Waals surface area contributed by atoms with E-state index >= 15 is 0 Å². The van der Waals surface area contributed by atoms with Crippen molar-refractivity contribution in [3.63, 3.8) is 0 Å². The molecule has 29 heavy (non-hydrogen) atoms. The van der Waals surface area contributed by atoms with Crippen molar-refractivity contribution >= 4 is 33.1 Å². The van der Waals surface area contributed by atoms with Crippen molar-refractivity contribution in [3.8, 4) is 0 Å². The van der Waals surface area contributed by atoms with E-state index in [-0.39, 0.29) is 23.4 Å². The van der Waals surface area contributed by atoms with Gasteiger partial charge in [-0.3, -0.25) is 4.79 Å². The number of nitrogens with two attached hydrogens (primary N) is 1. The van der Waals surface area contributed by atoms with Gasteiger partial charge in [-0.1, -0.05) is 6.07 Å². The van der Waals surface area contributed by atoms with Crippen LogP contribution in [0.3, 0.4) is 0 Å². The molecular formula is C19H16F3N3O3S. The van der Waals surface area contributed by atoms with Crippen LogP contribution >= 0.6 is 0 Å². The molecule has 1 aliphatic rings. The summed E-state index contributed by atoms with van der Waals surface area (Å²) in [7, 11) is -4.13. The predicted octanol–water partition coefficient (Wildman–Crippen LogP) is 2.53. The van der Waals surface area contributed by atoms with Crippen molar-refractivity contribution in [3.05, 3.63) is 58.9 Å². The molecule has 0 saturated heterocycles. The van der Waals surface area contributed by atoms with Crippen LogP contribution in [0.4, 0.5) is 18.9 Å². The van der Waals surface area contributed by atoms with Crippen LogP contribution in [-0.4, -0.2) is 33.2 Å². The molecule has 2 aromatic rings. The minimum Gasteiger partial charge on any atom is -0.370 e. The van der Waals surface area contributed by atoms with E-state index in [0.717, 1.165) is 0 Å². The van der Waals surface area contributed by atoms with E-state index in [9.17, 15) is 26.4 Å². The number of aliphatic imine (C=N–C) groups is 1. The van der Waals surface area contributed by atoms with Gasteiger partial charge in [0.25, 0.3) is 0 Å². The number of fused-ring (bicyclic) bond motifs is 1. The van der Waals surface area contributed by atoms with Crippen LogP contribution in [0.1, 0.15) is 23.1 Å². The second-order valence-electron chi connectivity index (χ2n) is 6.29. The fourth-order valence-corrected chi connectivity index (χ4v) is 4.18. The van der Waals surface area contributed by atoms with Gasteiger partial charge in [0, 0.05) is 31.0 Å². The van der Waals surface area contributed by atoms with Gasteiger partial charge in [-0.05, 0) is 41.3 Å². The summed E-state index contributed by atoms with van der Waals surface area (Å²) in [6, 6.07) is 7.92. The maximum absolute atomic E-state index is 13.4. The molecule has 1 aliphatic heterocycles. The lowest BCUT2D eigenvalue weighted by Gasteiger charge is -2.13. The first-order valence-corrected chi connectivity index (χ1v) is 9.99. The lowest BCUT2D eigenvalue weighted by atomic mass is 9.97. The third kappa shape index (κ3) is 4.73. The van der Waals surface area contributed by atoms with Crippen LogP contribution in [0.5, 0.6) is 0 Å². The lowest BCUT2D eigenvalue weighted by Crippen LogP contribution is -2.29. The van der Waals surface area contributed by atoms with Gasteiger partial charge in [0.15, 0.2) is 0 Å². The minimum absolute atomic E-state index is 0.103. The number of hydrogen-bond acceptors (Lipinski definition) is 4. The van der Waals surface area contributed by atoms with Crippen molar-refractivity contribution in [2.75, 3.05) is 6.54 Å². The molecule has 0 radical (unpaired) electrons. The molecule has 0 spiro atoms. The number of carbonyl (C=O) groups is 1. The SMILES string of the molecule is NC(=O)CCNS(=O)(=O)c1ccc(C2=C=Nc3cc(F)ccc32)cc1CC(F)F. The zero-order valence-corrected chi connectivity index (χ0v) is 15.8. The van der Waals surface area contributed by atoms with E-state index in [1.165, 1.54) is 36.4 Å². The van der Waals surface area contributed by atoms with E-state index in [0.29, 0.717) is 22.4 Å². The van der Waals surface area contributed by atoms with E-state index in [2.05, 4.69) is 15.6 Å². The monoisotopic (exact) mass is 423 g/mol. The molecule has 1 amide bonds. The summed E-state index contributed by atoms with van der Waals surface area (Å²) in [6.45, 7) is -0.246. The molecule has 0 fully saturated rings. The Balaban J connectivity index is 1.98. The van der Waals surface area contributed by atoms with Crippen LogP contribution in [0.2, 0.25) is 0 Å². The van der Waals surface area contributed by atoms with Gasteiger partial charge < -0.3 is 5.73 Å². The first-order chi connectivity index (χ1) is 13.7. The van der Waals surface area contributed by atoms with Crippen LogP contribution in [0.25, 0.3) is 5.57 Å². The van der Waals surface area contributed by atoms with Gasteiger partial charge in [0.1, 0.15) is 5.82 Å². The molecule has 0 bridgehead atoms. The van der Waals surface area contributed by atoms with Crippen LogP contribution in [-0.2, 0) is 21.2 Å². The zero-order chi connectivity index (χ0) is 21.2. The van der Waals surface area contributed by atoms with Gasteiger partial charge in [-0.25, -0.2) is 31.3 Å². The number of amides is 1. The molecule has 6 nitrogen and oxygen atoms in total. The molecule has 10 heteroatoms. The number of nitrogens with one attached hydrogen (secondary N) is 1. The highest BCUT2D eigenvalue weighted by Crippen LogP contribution is 2.35. The Morgan fingerprint density at radius 3 is 2.66 bits per heavy atom. The number of sulfonamides is 1. The number of halogens is 3. The number of primary amides is 1. The van der Waals surface area contributed by atoms with Crippen molar-refractivity contribution in [2.45, 2.75) is 24.2 Å². The van der Waals surface area contributed by atoms with Crippen molar-refractivity contribution in [1.82, 2.24) is 4.72 Å². The lowest BCUT2D eigenvalue weighted by molar-refractivity contribution is -0.117. The summed E-state index contributed by atoms with van der Waals surface area (Å²) in [5, 5.41) is 0. The molecule has 1 heterocycles. The molecule has 152 valence electrons. The first kappa shape index (κ1) is 20.8. The molecule has 0 saturated carbocycles. The second-order valence-corrected chi connectivity index (χ2v) is 8.03. The van der Waals surface area contributed by atoms with Gasteiger partial charge >= 0.3 is 0 Å². The summed E-state index contributed by atoms with van der Waals surface area (Å²) in [6.07, 6.45) is -3.80. The van der Waals surface area contributed by atoms with Crippen molar-refractivity contribution < 1.29 is 26.4 Å². The zero-order valence-electron chi connectivity index (χ0n) is 15.0. The molecule has 2 aromatic carbocycles. The van der Waals surface area contributed by atoms with Crippen LogP contribution in [0, 0.1) is 5.82 Å². The molecule has 0 aromatic heterocycles. The smallest absolute Gasteiger partial charge is 0.242 e. The third-order valence-corrected chi connectivity index (χ3v) is 5.76. The standard InChI is InChI=1S/C19H16F3N3O3S/c20-13-2-3-14-15(10-24-16(14)9-13)11-1-4-17(12(7-11)8-18(21)22)29(27,28)25-6-5-19(23)26/h1-4,7,9,18,25H,5-6,8H2,(H2,23,26). The Bertz CT molecular complexity index is 1140. The van der Waals surface area contributed by atoms with E-state index in [1.807, 2.05) is 0 Å². The van der Waals surface area contributed by atoms with Gasteiger partial charge in [-0.2, -0.15) is 0 Å². The molecule has 0 unspecified atom stereocenters. The third-order valence-electron chi connectivity index (χ3n) is 4.19. The predicted molar refractivity (Wildman–Crippen MR) is 101 cm³/mol. The number of hydrogen-bond donors (Lipinski definition) is 2.